The van der Waals surface area contributed by atoms with Gasteiger partial charge >= 0.3 is 6.09 Å². The molecule has 2 fully saturated rings. The molecule has 104 valence electrons. The van der Waals surface area contributed by atoms with Crippen molar-refractivity contribution < 1.29 is 9.53 Å². The molecule has 4 heteroatoms. The van der Waals surface area contributed by atoms with Gasteiger partial charge in [0.15, 0.2) is 0 Å². The van der Waals surface area contributed by atoms with Crippen molar-refractivity contribution in [1.29, 1.82) is 0 Å². The number of piperidine rings is 1. The van der Waals surface area contributed by atoms with Crippen LogP contribution in [0, 0.1) is 0 Å². The van der Waals surface area contributed by atoms with E-state index in [0.29, 0.717) is 12.1 Å². The molecule has 2 aliphatic heterocycles. The molecule has 18 heavy (non-hydrogen) atoms. The number of carbonyl (C=O) groups excluding carboxylic acids is 1. The second-order valence-corrected chi connectivity index (χ2v) is 6.44. The van der Waals surface area contributed by atoms with E-state index >= 15 is 0 Å². The van der Waals surface area contributed by atoms with E-state index in [0.717, 1.165) is 25.9 Å². The predicted octanol–water partition coefficient (Wildman–Crippen LogP) is 2.53. The largest absolute Gasteiger partial charge is 0.444 e. The Morgan fingerprint density at radius 3 is 2.61 bits per heavy atom. The summed E-state index contributed by atoms with van der Waals surface area (Å²) in [6.45, 7) is 7.71. The summed E-state index contributed by atoms with van der Waals surface area (Å²) in [5.74, 6) is 0. The summed E-state index contributed by atoms with van der Waals surface area (Å²) in [6, 6.07) is 0.800. The Morgan fingerprint density at radius 1 is 1.22 bits per heavy atom. The Hall–Kier alpha value is -0.770. The van der Waals surface area contributed by atoms with Crippen molar-refractivity contribution in [2.75, 3.05) is 13.1 Å². The number of nitrogens with zero attached hydrogens (tertiary/aromatic N) is 1. The highest BCUT2D eigenvalue weighted by Crippen LogP contribution is 2.26. The zero-order valence-electron chi connectivity index (χ0n) is 11.9. The van der Waals surface area contributed by atoms with E-state index in [4.69, 9.17) is 4.74 Å². The van der Waals surface area contributed by atoms with Gasteiger partial charge in [-0.25, -0.2) is 4.79 Å². The van der Waals surface area contributed by atoms with E-state index in [-0.39, 0.29) is 6.09 Å². The molecule has 1 unspecified atom stereocenters. The molecule has 0 aliphatic carbocycles. The van der Waals surface area contributed by atoms with Crippen molar-refractivity contribution in [3.8, 4) is 0 Å². The number of hydrogen-bond donors (Lipinski definition) is 1. The minimum absolute atomic E-state index is 0.141. The molecular formula is C14H26N2O2. The molecule has 0 aromatic rings. The molecule has 0 bridgehead atoms. The summed E-state index contributed by atoms with van der Waals surface area (Å²) in [6.07, 6.45) is 5.78. The van der Waals surface area contributed by atoms with Crippen LogP contribution in [0.15, 0.2) is 0 Å². The third-order valence-corrected chi connectivity index (χ3v) is 3.74. The van der Waals surface area contributed by atoms with E-state index in [1.807, 2.05) is 25.7 Å². The first-order chi connectivity index (χ1) is 8.47. The van der Waals surface area contributed by atoms with Crippen LogP contribution in [0.1, 0.15) is 52.9 Å². The molecule has 2 rings (SSSR count). The van der Waals surface area contributed by atoms with Crippen LogP contribution in [-0.4, -0.2) is 41.8 Å². The number of ether oxygens (including phenoxy) is 1. The maximum absolute atomic E-state index is 12.2. The van der Waals surface area contributed by atoms with Crippen LogP contribution in [0.4, 0.5) is 4.79 Å². The topological polar surface area (TPSA) is 41.6 Å². The molecule has 2 saturated heterocycles. The first-order valence-electron chi connectivity index (χ1n) is 7.20. The smallest absolute Gasteiger partial charge is 0.410 e. The number of nitrogens with one attached hydrogen (secondary N) is 1. The van der Waals surface area contributed by atoms with Gasteiger partial charge in [-0.3, -0.25) is 0 Å². The Labute approximate surface area is 110 Å². The van der Waals surface area contributed by atoms with Crippen LogP contribution in [0.25, 0.3) is 0 Å². The summed E-state index contributed by atoms with van der Waals surface area (Å²) in [4.78, 5) is 14.1. The third-order valence-electron chi connectivity index (χ3n) is 3.74. The van der Waals surface area contributed by atoms with Gasteiger partial charge in [0, 0.05) is 12.6 Å². The van der Waals surface area contributed by atoms with Crippen molar-refractivity contribution in [1.82, 2.24) is 10.2 Å². The average Bonchev–Trinajstić information content (AvgIpc) is 2.76. The monoisotopic (exact) mass is 254 g/mol. The fourth-order valence-corrected chi connectivity index (χ4v) is 2.97. The van der Waals surface area contributed by atoms with E-state index in [9.17, 15) is 4.79 Å². The molecule has 0 radical (unpaired) electrons. The lowest BCUT2D eigenvalue weighted by molar-refractivity contribution is 0.0186. The second kappa shape index (κ2) is 5.47. The number of rotatable bonds is 1. The minimum atomic E-state index is -0.399. The Morgan fingerprint density at radius 2 is 2.00 bits per heavy atom. The van der Waals surface area contributed by atoms with Crippen molar-refractivity contribution in [3.05, 3.63) is 0 Å². The fourth-order valence-electron chi connectivity index (χ4n) is 2.97. The molecule has 0 saturated carbocycles. The molecule has 0 aromatic carbocycles. The van der Waals surface area contributed by atoms with Gasteiger partial charge in [0.1, 0.15) is 5.60 Å². The molecule has 2 heterocycles. The van der Waals surface area contributed by atoms with E-state index in [1.165, 1.54) is 19.3 Å². The molecule has 2 aliphatic rings. The van der Waals surface area contributed by atoms with Crippen LogP contribution in [0.3, 0.4) is 0 Å². The van der Waals surface area contributed by atoms with Crippen LogP contribution in [0.5, 0.6) is 0 Å². The maximum Gasteiger partial charge on any atom is 0.410 e. The van der Waals surface area contributed by atoms with Gasteiger partial charge in [0.25, 0.3) is 0 Å². The van der Waals surface area contributed by atoms with Crippen molar-refractivity contribution in [2.45, 2.75) is 70.6 Å². The molecule has 2 atom stereocenters. The summed E-state index contributed by atoms with van der Waals surface area (Å²) in [5, 5.41) is 3.56. The zero-order chi connectivity index (χ0) is 13.2. The Balaban J connectivity index is 1.96. The highest BCUT2D eigenvalue weighted by atomic mass is 16.6. The fraction of sp³-hybridized carbons (Fsp3) is 0.929. The van der Waals surface area contributed by atoms with E-state index in [2.05, 4.69) is 5.32 Å². The Bertz CT molecular complexity index is 293. The van der Waals surface area contributed by atoms with Gasteiger partial charge in [-0.05, 0) is 53.0 Å². The molecule has 1 amide bonds. The van der Waals surface area contributed by atoms with Gasteiger partial charge in [-0.2, -0.15) is 0 Å². The molecule has 0 aromatic heterocycles. The summed E-state index contributed by atoms with van der Waals surface area (Å²) < 4.78 is 5.50. The van der Waals surface area contributed by atoms with Gasteiger partial charge in [-0.15, -0.1) is 0 Å². The predicted molar refractivity (Wildman–Crippen MR) is 71.6 cm³/mol. The lowest BCUT2D eigenvalue weighted by atomic mass is 9.96. The SMILES string of the molecule is CC(C)(C)OC(=O)N1CCC[C@H]1C1CCCCN1. The van der Waals surface area contributed by atoms with E-state index in [1.54, 1.807) is 0 Å². The van der Waals surface area contributed by atoms with Gasteiger partial charge in [-0.1, -0.05) is 6.42 Å². The van der Waals surface area contributed by atoms with E-state index < -0.39 is 5.60 Å². The number of carbonyl (C=O) groups is 1. The van der Waals surface area contributed by atoms with Gasteiger partial charge in [0.05, 0.1) is 6.04 Å². The maximum atomic E-state index is 12.2. The second-order valence-electron chi connectivity index (χ2n) is 6.44. The third kappa shape index (κ3) is 3.37. The summed E-state index contributed by atoms with van der Waals surface area (Å²) in [7, 11) is 0. The highest BCUT2D eigenvalue weighted by Gasteiger charge is 2.37. The van der Waals surface area contributed by atoms with Crippen molar-refractivity contribution >= 4 is 6.09 Å². The van der Waals surface area contributed by atoms with Crippen LogP contribution >= 0.6 is 0 Å². The first kappa shape index (κ1) is 13.7. The number of hydrogen-bond acceptors (Lipinski definition) is 3. The van der Waals surface area contributed by atoms with Crippen molar-refractivity contribution in [2.24, 2.45) is 0 Å². The number of amides is 1. The van der Waals surface area contributed by atoms with Crippen LogP contribution in [-0.2, 0) is 4.74 Å². The number of likely N-dealkylation sites (tertiary alicyclic amines) is 1. The highest BCUT2D eigenvalue weighted by molar-refractivity contribution is 5.69. The molecule has 4 nitrogen and oxygen atoms in total. The normalized spacial score (nSPS) is 29.4. The van der Waals surface area contributed by atoms with Crippen LogP contribution < -0.4 is 5.32 Å². The zero-order valence-corrected chi connectivity index (χ0v) is 11.9. The standard InChI is InChI=1S/C14H26N2O2/c1-14(2,3)18-13(17)16-10-6-8-12(16)11-7-4-5-9-15-11/h11-12,15H,4-10H2,1-3H3/t11?,12-/m0/s1. The summed E-state index contributed by atoms with van der Waals surface area (Å²) in [5.41, 5.74) is -0.399. The molecule has 0 spiro atoms. The minimum Gasteiger partial charge on any atom is -0.444 e. The Kier molecular flexibility index (Phi) is 4.15. The van der Waals surface area contributed by atoms with Crippen molar-refractivity contribution in [3.63, 3.8) is 0 Å². The molecular weight excluding hydrogens is 228 g/mol. The lowest BCUT2D eigenvalue weighted by Gasteiger charge is -2.35. The van der Waals surface area contributed by atoms with Crippen LogP contribution in [0.2, 0.25) is 0 Å². The molecule has 1 N–H and O–H groups in total. The van der Waals surface area contributed by atoms with Gasteiger partial charge < -0.3 is 15.0 Å². The first-order valence-corrected chi connectivity index (χ1v) is 7.20. The average molecular weight is 254 g/mol. The lowest BCUT2D eigenvalue weighted by Crippen LogP contribution is -2.51. The van der Waals surface area contributed by atoms with Gasteiger partial charge in [0.2, 0.25) is 0 Å². The quantitative estimate of drug-likeness (QED) is 0.782. The summed E-state index contributed by atoms with van der Waals surface area (Å²) >= 11 is 0.